The van der Waals surface area contributed by atoms with Crippen molar-refractivity contribution in [1.29, 1.82) is 0 Å². The molecular formula is C30H27ClF4N4O3. The first kappa shape index (κ1) is 30.6. The van der Waals surface area contributed by atoms with Crippen molar-refractivity contribution in [2.45, 2.75) is 39.7 Å². The van der Waals surface area contributed by atoms with Gasteiger partial charge in [0.05, 0.1) is 10.6 Å². The number of alkyl halides is 3. The molecule has 7 nitrogen and oxygen atoms in total. The smallest absolute Gasteiger partial charge is 0.352 e. The van der Waals surface area contributed by atoms with E-state index in [4.69, 9.17) is 11.6 Å². The maximum atomic E-state index is 13.4. The molecule has 12 heteroatoms. The van der Waals surface area contributed by atoms with Crippen LogP contribution in [0.3, 0.4) is 0 Å². The second kappa shape index (κ2) is 12.6. The molecule has 0 aliphatic carbocycles. The van der Waals surface area contributed by atoms with Gasteiger partial charge in [0, 0.05) is 35.6 Å². The maximum absolute atomic E-state index is 13.4. The Kier molecular flexibility index (Phi) is 9.20. The van der Waals surface area contributed by atoms with Crippen LogP contribution in [-0.2, 0) is 24.4 Å². The molecule has 0 unspecified atom stereocenters. The Morgan fingerprint density at radius 2 is 1.52 bits per heavy atom. The molecule has 3 N–H and O–H groups in total. The average Bonchev–Trinajstić information content (AvgIpc) is 3.27. The lowest BCUT2D eigenvalue weighted by molar-refractivity contribution is -0.140. The van der Waals surface area contributed by atoms with Crippen LogP contribution in [0.5, 0.6) is 0 Å². The first-order valence-corrected chi connectivity index (χ1v) is 13.3. The summed E-state index contributed by atoms with van der Waals surface area (Å²) in [5, 5.41) is 8.48. The van der Waals surface area contributed by atoms with Crippen molar-refractivity contribution in [3.63, 3.8) is 0 Å². The van der Waals surface area contributed by atoms with Gasteiger partial charge < -0.3 is 20.5 Å². The largest absolute Gasteiger partial charge is 0.406 e. The van der Waals surface area contributed by atoms with Crippen LogP contribution in [-0.4, -0.2) is 28.5 Å². The first-order chi connectivity index (χ1) is 19.8. The Hall–Kier alpha value is -4.38. The Balaban J connectivity index is 1.56. The summed E-state index contributed by atoms with van der Waals surface area (Å²) in [5.74, 6) is -2.13. The average molecular weight is 603 g/mol. The number of halogens is 5. The number of hydrogen-bond acceptors (Lipinski definition) is 3. The van der Waals surface area contributed by atoms with Crippen molar-refractivity contribution >= 4 is 45.9 Å². The summed E-state index contributed by atoms with van der Waals surface area (Å²) >= 11 is 6.25. The standard InChI is InChI=1S/C30H27ClF4N4O3/c1-17(2)27(40)36-15-19-5-9-24(31)23(11-19)28(41)38-22-8-10-25-20(12-22)13-26(39(25)16-30(33,34)35)29(42)37-14-18-3-6-21(32)7-4-18/h3-13,17H,14-16H2,1-2H3,(H,36,40)(H,37,42)(H,38,41). The highest BCUT2D eigenvalue weighted by Gasteiger charge is 2.31. The molecule has 0 spiro atoms. The molecule has 0 saturated heterocycles. The second-order valence-electron chi connectivity index (χ2n) is 9.95. The molecule has 0 aliphatic heterocycles. The molecule has 0 fully saturated rings. The highest BCUT2D eigenvalue weighted by molar-refractivity contribution is 6.34. The Morgan fingerprint density at radius 1 is 0.857 bits per heavy atom. The minimum Gasteiger partial charge on any atom is -0.352 e. The Morgan fingerprint density at radius 3 is 2.19 bits per heavy atom. The minimum absolute atomic E-state index is 0.0189. The van der Waals surface area contributed by atoms with Crippen LogP contribution in [0, 0.1) is 11.7 Å². The number of hydrogen-bond donors (Lipinski definition) is 3. The number of carbonyl (C=O) groups is 3. The van der Waals surface area contributed by atoms with Gasteiger partial charge in [-0.1, -0.05) is 43.6 Å². The van der Waals surface area contributed by atoms with Crippen molar-refractivity contribution < 1.29 is 31.9 Å². The number of fused-ring (bicyclic) bond motifs is 1. The van der Waals surface area contributed by atoms with E-state index in [1.165, 1.54) is 54.6 Å². The quantitative estimate of drug-likeness (QED) is 0.192. The van der Waals surface area contributed by atoms with Crippen LogP contribution in [0.2, 0.25) is 5.02 Å². The van der Waals surface area contributed by atoms with Crippen LogP contribution >= 0.6 is 11.6 Å². The molecule has 4 rings (SSSR count). The highest BCUT2D eigenvalue weighted by atomic mass is 35.5. The zero-order chi connectivity index (χ0) is 30.6. The second-order valence-corrected chi connectivity index (χ2v) is 10.4. The van der Waals surface area contributed by atoms with E-state index in [0.29, 0.717) is 16.5 Å². The van der Waals surface area contributed by atoms with Crippen molar-refractivity contribution in [2.75, 3.05) is 5.32 Å². The van der Waals surface area contributed by atoms with Crippen molar-refractivity contribution in [2.24, 2.45) is 5.92 Å². The molecule has 0 radical (unpaired) electrons. The van der Waals surface area contributed by atoms with E-state index in [0.717, 1.165) is 4.57 Å². The zero-order valence-corrected chi connectivity index (χ0v) is 23.4. The summed E-state index contributed by atoms with van der Waals surface area (Å²) in [6.07, 6.45) is -4.61. The van der Waals surface area contributed by atoms with Crippen molar-refractivity contribution in [3.05, 3.63) is 100.0 Å². The summed E-state index contributed by atoms with van der Waals surface area (Å²) in [6, 6.07) is 15.7. The van der Waals surface area contributed by atoms with E-state index < -0.39 is 30.4 Å². The maximum Gasteiger partial charge on any atom is 0.406 e. The number of rotatable bonds is 9. The first-order valence-electron chi connectivity index (χ1n) is 12.9. The van der Waals surface area contributed by atoms with Gasteiger partial charge in [0.2, 0.25) is 5.91 Å². The number of anilines is 1. The van der Waals surface area contributed by atoms with Gasteiger partial charge >= 0.3 is 6.18 Å². The molecule has 4 aromatic rings. The molecule has 1 heterocycles. The molecule has 0 atom stereocenters. The summed E-state index contributed by atoms with van der Waals surface area (Å²) in [4.78, 5) is 37.9. The molecule has 0 saturated carbocycles. The molecule has 42 heavy (non-hydrogen) atoms. The topological polar surface area (TPSA) is 92.2 Å². The van der Waals surface area contributed by atoms with Crippen LogP contribution in [0.1, 0.15) is 45.8 Å². The summed E-state index contributed by atoms with van der Waals surface area (Å²) in [6.45, 7) is 2.28. The van der Waals surface area contributed by atoms with E-state index in [9.17, 15) is 31.9 Å². The van der Waals surface area contributed by atoms with Gasteiger partial charge in [-0.3, -0.25) is 14.4 Å². The predicted molar refractivity (Wildman–Crippen MR) is 152 cm³/mol. The lowest BCUT2D eigenvalue weighted by atomic mass is 10.1. The van der Waals surface area contributed by atoms with Gasteiger partial charge in [0.1, 0.15) is 18.1 Å². The lowest BCUT2D eigenvalue weighted by Crippen LogP contribution is -2.28. The molecule has 220 valence electrons. The Bertz CT molecular complexity index is 1630. The van der Waals surface area contributed by atoms with Crippen LogP contribution in [0.15, 0.2) is 66.7 Å². The summed E-state index contributed by atoms with van der Waals surface area (Å²) in [7, 11) is 0. The molecule has 0 bridgehead atoms. The van der Waals surface area contributed by atoms with Crippen molar-refractivity contribution in [3.8, 4) is 0 Å². The van der Waals surface area contributed by atoms with Crippen molar-refractivity contribution in [1.82, 2.24) is 15.2 Å². The van der Waals surface area contributed by atoms with Gasteiger partial charge in [0.15, 0.2) is 0 Å². The molecule has 1 aromatic heterocycles. The number of benzene rings is 3. The zero-order valence-electron chi connectivity index (χ0n) is 22.6. The molecule has 3 aromatic carbocycles. The fourth-order valence-electron chi connectivity index (χ4n) is 4.21. The Labute approximate surface area is 243 Å². The van der Waals surface area contributed by atoms with Crippen LogP contribution in [0.25, 0.3) is 10.9 Å². The van der Waals surface area contributed by atoms with Gasteiger partial charge in [-0.2, -0.15) is 13.2 Å². The number of amides is 3. The fourth-order valence-corrected chi connectivity index (χ4v) is 4.41. The lowest BCUT2D eigenvalue weighted by Gasteiger charge is -2.14. The van der Waals surface area contributed by atoms with E-state index in [1.807, 2.05) is 0 Å². The third-order valence-electron chi connectivity index (χ3n) is 6.36. The van der Waals surface area contributed by atoms with Gasteiger partial charge in [-0.05, 0) is 59.7 Å². The molecular weight excluding hydrogens is 576 g/mol. The van der Waals surface area contributed by atoms with E-state index in [2.05, 4.69) is 16.0 Å². The summed E-state index contributed by atoms with van der Waals surface area (Å²) in [5.41, 5.74) is 1.53. The minimum atomic E-state index is -4.61. The van der Waals surface area contributed by atoms with E-state index in [-0.39, 0.29) is 52.4 Å². The number of nitrogens with one attached hydrogen (secondary N) is 3. The summed E-state index contributed by atoms with van der Waals surface area (Å²) < 4.78 is 54.4. The number of aromatic nitrogens is 1. The fraction of sp³-hybridized carbons (Fsp3) is 0.233. The monoisotopic (exact) mass is 602 g/mol. The number of carbonyl (C=O) groups excluding carboxylic acids is 3. The highest BCUT2D eigenvalue weighted by Crippen LogP contribution is 2.29. The van der Waals surface area contributed by atoms with Gasteiger partial charge in [0.25, 0.3) is 11.8 Å². The van der Waals surface area contributed by atoms with E-state index >= 15 is 0 Å². The number of nitrogens with zero attached hydrogens (tertiary/aromatic N) is 1. The third kappa shape index (κ3) is 7.67. The third-order valence-corrected chi connectivity index (χ3v) is 6.69. The van der Waals surface area contributed by atoms with Gasteiger partial charge in [-0.25, -0.2) is 4.39 Å². The normalized spacial score (nSPS) is 11.5. The van der Waals surface area contributed by atoms with E-state index in [1.54, 1.807) is 26.0 Å². The van der Waals surface area contributed by atoms with Gasteiger partial charge in [-0.15, -0.1) is 0 Å². The SMILES string of the molecule is CC(C)C(=O)NCc1ccc(Cl)c(C(=O)Nc2ccc3c(c2)cc(C(=O)NCc2ccc(F)cc2)n3CC(F)(F)F)c1. The van der Waals surface area contributed by atoms with Crippen LogP contribution in [0.4, 0.5) is 23.2 Å². The predicted octanol–water partition coefficient (Wildman–Crippen LogP) is 6.45. The molecule has 3 amide bonds. The van der Waals surface area contributed by atoms with Crippen LogP contribution < -0.4 is 16.0 Å². The molecule has 0 aliphatic rings.